The third-order valence-electron chi connectivity index (χ3n) is 1.17. The smallest absolute Gasteiger partial charge is 0.106 e. The van der Waals surface area contributed by atoms with Gasteiger partial charge in [0.2, 0.25) is 0 Å². The number of hydrogen-bond acceptors (Lipinski definition) is 3. The molecule has 0 amide bonds. The Labute approximate surface area is 55.6 Å². The topological polar surface area (TPSA) is 38.7 Å². The molecule has 0 aromatic heterocycles. The lowest BCUT2D eigenvalue weighted by molar-refractivity contribution is -0.0432. The van der Waals surface area contributed by atoms with Crippen LogP contribution >= 0.6 is 0 Å². The van der Waals surface area contributed by atoms with Gasteiger partial charge in [0, 0.05) is 14.2 Å². The second-order valence-electron chi connectivity index (χ2n) is 1.97. The lowest BCUT2D eigenvalue weighted by Gasteiger charge is -2.16. The van der Waals surface area contributed by atoms with E-state index in [0.717, 1.165) is 0 Å². The first kappa shape index (κ1) is 8.88. The standard InChI is InChI=1S/C6H14O3/c1-5(7)6(9-3)4-8-2/h5-7H,4H2,1-3H3. The van der Waals surface area contributed by atoms with Gasteiger partial charge in [0.25, 0.3) is 0 Å². The first-order valence-corrected chi connectivity index (χ1v) is 2.92. The van der Waals surface area contributed by atoms with Crippen molar-refractivity contribution in [2.75, 3.05) is 20.8 Å². The summed E-state index contributed by atoms with van der Waals surface area (Å²) >= 11 is 0. The van der Waals surface area contributed by atoms with Crippen LogP contribution in [0.15, 0.2) is 0 Å². The molecule has 0 fully saturated rings. The normalized spacial score (nSPS) is 17.3. The first-order chi connectivity index (χ1) is 4.22. The maximum atomic E-state index is 8.94. The summed E-state index contributed by atoms with van der Waals surface area (Å²) < 4.78 is 9.65. The molecule has 0 rings (SSSR count). The van der Waals surface area contributed by atoms with Crippen molar-refractivity contribution in [1.82, 2.24) is 0 Å². The molecule has 0 aliphatic rings. The summed E-state index contributed by atoms with van der Waals surface area (Å²) in [6.07, 6.45) is -0.662. The molecule has 0 heterocycles. The molecule has 0 bridgehead atoms. The van der Waals surface area contributed by atoms with Gasteiger partial charge in [-0.2, -0.15) is 0 Å². The Hall–Kier alpha value is -0.120. The molecule has 9 heavy (non-hydrogen) atoms. The van der Waals surface area contributed by atoms with Gasteiger partial charge in [-0.15, -0.1) is 0 Å². The van der Waals surface area contributed by atoms with Crippen molar-refractivity contribution >= 4 is 0 Å². The molecule has 0 saturated heterocycles. The molecule has 0 aromatic carbocycles. The quantitative estimate of drug-likeness (QED) is 0.589. The SMILES string of the molecule is COCC(OC)C(C)O. The second kappa shape index (κ2) is 4.73. The van der Waals surface area contributed by atoms with Crippen molar-refractivity contribution in [1.29, 1.82) is 0 Å². The summed E-state index contributed by atoms with van der Waals surface area (Å²) in [5, 5.41) is 8.94. The molecule has 0 radical (unpaired) electrons. The number of hydrogen-bond donors (Lipinski definition) is 1. The average Bonchev–Trinajstić information content (AvgIpc) is 1.82. The minimum Gasteiger partial charge on any atom is -0.391 e. The molecule has 2 atom stereocenters. The molecule has 0 aliphatic heterocycles. The number of ether oxygens (including phenoxy) is 2. The van der Waals surface area contributed by atoms with E-state index in [9.17, 15) is 0 Å². The van der Waals surface area contributed by atoms with Crippen LogP contribution in [0.4, 0.5) is 0 Å². The molecule has 0 aromatic rings. The minimum absolute atomic E-state index is 0.199. The third-order valence-corrected chi connectivity index (χ3v) is 1.17. The van der Waals surface area contributed by atoms with Gasteiger partial charge in [0.15, 0.2) is 0 Å². The summed E-state index contributed by atoms with van der Waals surface area (Å²) in [4.78, 5) is 0. The fourth-order valence-corrected chi connectivity index (χ4v) is 0.569. The second-order valence-corrected chi connectivity index (χ2v) is 1.97. The molecule has 0 aliphatic carbocycles. The Balaban J connectivity index is 3.41. The highest BCUT2D eigenvalue weighted by molar-refractivity contribution is 4.61. The zero-order valence-electron chi connectivity index (χ0n) is 6.13. The van der Waals surface area contributed by atoms with Crippen LogP contribution in [0.3, 0.4) is 0 Å². The zero-order chi connectivity index (χ0) is 7.28. The van der Waals surface area contributed by atoms with Crippen LogP contribution in [0.5, 0.6) is 0 Å². The fraction of sp³-hybridized carbons (Fsp3) is 1.00. The first-order valence-electron chi connectivity index (χ1n) is 2.92. The van der Waals surface area contributed by atoms with Crippen molar-refractivity contribution in [3.8, 4) is 0 Å². The van der Waals surface area contributed by atoms with Crippen molar-refractivity contribution in [2.24, 2.45) is 0 Å². The zero-order valence-corrected chi connectivity index (χ0v) is 6.13. The number of aliphatic hydroxyl groups is 1. The Morgan fingerprint density at radius 1 is 1.44 bits per heavy atom. The summed E-state index contributed by atoms with van der Waals surface area (Å²) in [7, 11) is 3.13. The molecular formula is C6H14O3. The Kier molecular flexibility index (Phi) is 4.67. The Morgan fingerprint density at radius 2 is 2.00 bits per heavy atom. The van der Waals surface area contributed by atoms with Crippen LogP contribution < -0.4 is 0 Å². The van der Waals surface area contributed by atoms with E-state index in [1.807, 2.05) is 0 Å². The van der Waals surface area contributed by atoms with Gasteiger partial charge < -0.3 is 14.6 Å². The summed E-state index contributed by atoms with van der Waals surface area (Å²) in [6.45, 7) is 2.11. The van der Waals surface area contributed by atoms with Crippen LogP contribution in [-0.2, 0) is 9.47 Å². The molecule has 0 saturated carbocycles. The summed E-state index contributed by atoms with van der Waals surface area (Å²) in [5.74, 6) is 0. The largest absolute Gasteiger partial charge is 0.391 e. The van der Waals surface area contributed by atoms with E-state index in [-0.39, 0.29) is 6.10 Å². The van der Waals surface area contributed by atoms with Crippen LogP contribution in [0.25, 0.3) is 0 Å². The number of aliphatic hydroxyl groups excluding tert-OH is 1. The Morgan fingerprint density at radius 3 is 2.11 bits per heavy atom. The van der Waals surface area contributed by atoms with E-state index in [1.54, 1.807) is 21.1 Å². The van der Waals surface area contributed by atoms with Crippen LogP contribution in [0, 0.1) is 0 Å². The maximum Gasteiger partial charge on any atom is 0.106 e. The highest BCUT2D eigenvalue weighted by atomic mass is 16.5. The Bertz CT molecular complexity index is 63.3. The van der Waals surface area contributed by atoms with E-state index in [1.165, 1.54) is 0 Å². The predicted molar refractivity (Wildman–Crippen MR) is 34.4 cm³/mol. The lowest BCUT2D eigenvalue weighted by atomic mass is 10.2. The molecule has 3 heteroatoms. The predicted octanol–water partition coefficient (Wildman–Crippen LogP) is 0.0286. The molecule has 56 valence electrons. The molecule has 2 unspecified atom stereocenters. The molecule has 1 N–H and O–H groups in total. The van der Waals surface area contributed by atoms with E-state index < -0.39 is 6.10 Å². The third kappa shape index (κ3) is 3.46. The van der Waals surface area contributed by atoms with Gasteiger partial charge >= 0.3 is 0 Å². The van der Waals surface area contributed by atoms with Crippen molar-refractivity contribution < 1.29 is 14.6 Å². The highest BCUT2D eigenvalue weighted by Gasteiger charge is 2.12. The van der Waals surface area contributed by atoms with Gasteiger partial charge in [-0.1, -0.05) is 0 Å². The van der Waals surface area contributed by atoms with Crippen molar-refractivity contribution in [3.05, 3.63) is 0 Å². The summed E-state index contributed by atoms with van der Waals surface area (Å²) in [6, 6.07) is 0. The van der Waals surface area contributed by atoms with Crippen molar-refractivity contribution in [3.63, 3.8) is 0 Å². The monoisotopic (exact) mass is 134 g/mol. The van der Waals surface area contributed by atoms with Gasteiger partial charge in [-0.3, -0.25) is 0 Å². The van der Waals surface area contributed by atoms with E-state index in [2.05, 4.69) is 0 Å². The van der Waals surface area contributed by atoms with Crippen LogP contribution in [0.2, 0.25) is 0 Å². The van der Waals surface area contributed by atoms with Gasteiger partial charge in [0.1, 0.15) is 6.10 Å². The van der Waals surface area contributed by atoms with Gasteiger partial charge in [-0.25, -0.2) is 0 Å². The highest BCUT2D eigenvalue weighted by Crippen LogP contribution is 1.96. The lowest BCUT2D eigenvalue weighted by Crippen LogP contribution is -2.29. The molecule has 0 spiro atoms. The summed E-state index contributed by atoms with van der Waals surface area (Å²) in [5.41, 5.74) is 0. The minimum atomic E-state index is -0.463. The van der Waals surface area contributed by atoms with Gasteiger partial charge in [0.05, 0.1) is 12.7 Å². The fourth-order valence-electron chi connectivity index (χ4n) is 0.569. The number of rotatable bonds is 4. The van der Waals surface area contributed by atoms with Crippen LogP contribution in [0.1, 0.15) is 6.92 Å². The number of methoxy groups -OCH3 is 2. The molecular weight excluding hydrogens is 120 g/mol. The van der Waals surface area contributed by atoms with Gasteiger partial charge in [-0.05, 0) is 6.92 Å². The van der Waals surface area contributed by atoms with E-state index >= 15 is 0 Å². The van der Waals surface area contributed by atoms with Crippen molar-refractivity contribution in [2.45, 2.75) is 19.1 Å². The maximum absolute atomic E-state index is 8.94. The average molecular weight is 134 g/mol. The van der Waals surface area contributed by atoms with E-state index in [0.29, 0.717) is 6.61 Å². The van der Waals surface area contributed by atoms with E-state index in [4.69, 9.17) is 14.6 Å². The van der Waals surface area contributed by atoms with Crippen LogP contribution in [-0.4, -0.2) is 38.1 Å². The molecule has 3 nitrogen and oxygen atoms in total.